The molecule has 2 aromatic rings. The number of carbonyl (C=O) groups excluding carboxylic acids is 1. The third-order valence-corrected chi connectivity index (χ3v) is 4.24. The third-order valence-electron chi connectivity index (χ3n) is 4.24. The summed E-state index contributed by atoms with van der Waals surface area (Å²) in [5.74, 6) is 0.968. The number of nitrogens with zero attached hydrogens (tertiary/aromatic N) is 3. The van der Waals surface area contributed by atoms with Gasteiger partial charge in [0, 0.05) is 44.4 Å². The van der Waals surface area contributed by atoms with Gasteiger partial charge in [-0.3, -0.25) is 9.69 Å². The molecule has 5 heteroatoms. The number of carbonyl (C=O) groups is 1. The summed E-state index contributed by atoms with van der Waals surface area (Å²) in [6.07, 6.45) is 0.981. The molecule has 1 aromatic carbocycles. The van der Waals surface area contributed by atoms with E-state index in [1.54, 1.807) is 0 Å². The van der Waals surface area contributed by atoms with Gasteiger partial charge in [0.25, 0.3) is 5.91 Å². The number of hydrogen-bond acceptors (Lipinski definition) is 4. The second-order valence-electron chi connectivity index (χ2n) is 6.22. The molecule has 1 fully saturated rings. The molecule has 0 radical (unpaired) electrons. The van der Waals surface area contributed by atoms with Gasteiger partial charge in [-0.1, -0.05) is 22.9 Å². The van der Waals surface area contributed by atoms with Crippen LogP contribution in [0.5, 0.6) is 0 Å². The van der Waals surface area contributed by atoms with E-state index in [1.165, 1.54) is 5.56 Å². The predicted molar refractivity (Wildman–Crippen MR) is 88.2 cm³/mol. The van der Waals surface area contributed by atoms with Crippen molar-refractivity contribution in [2.75, 3.05) is 26.2 Å². The van der Waals surface area contributed by atoms with Crippen molar-refractivity contribution in [1.29, 1.82) is 0 Å². The Balaban J connectivity index is 1.59. The number of aromatic nitrogens is 1. The highest BCUT2D eigenvalue weighted by atomic mass is 16.5. The first-order chi connectivity index (χ1) is 11.1. The lowest BCUT2D eigenvalue weighted by atomic mass is 10.1. The zero-order valence-electron chi connectivity index (χ0n) is 13.8. The van der Waals surface area contributed by atoms with Crippen LogP contribution in [0, 0.1) is 13.8 Å². The Kier molecular flexibility index (Phi) is 4.76. The fourth-order valence-corrected chi connectivity index (χ4v) is 2.93. The van der Waals surface area contributed by atoms with Crippen LogP contribution in [0.1, 0.15) is 33.8 Å². The normalized spacial score (nSPS) is 16.3. The maximum Gasteiger partial charge on any atom is 0.253 e. The molecule has 0 N–H and O–H groups in total. The highest BCUT2D eigenvalue weighted by Crippen LogP contribution is 2.12. The van der Waals surface area contributed by atoms with Crippen LogP contribution < -0.4 is 0 Å². The van der Waals surface area contributed by atoms with Crippen molar-refractivity contribution in [2.24, 2.45) is 0 Å². The van der Waals surface area contributed by atoms with E-state index in [0.29, 0.717) is 0 Å². The molecule has 0 spiro atoms. The predicted octanol–water partition coefficient (Wildman–Crippen LogP) is 2.64. The van der Waals surface area contributed by atoms with E-state index in [9.17, 15) is 4.79 Å². The van der Waals surface area contributed by atoms with Gasteiger partial charge in [0.05, 0.1) is 5.69 Å². The van der Waals surface area contributed by atoms with Crippen molar-refractivity contribution in [3.63, 3.8) is 0 Å². The summed E-state index contributed by atoms with van der Waals surface area (Å²) in [6, 6.07) is 9.78. The van der Waals surface area contributed by atoms with Gasteiger partial charge in [-0.05, 0) is 32.4 Å². The molecule has 0 saturated carbocycles. The topological polar surface area (TPSA) is 49.6 Å². The molecule has 1 aromatic heterocycles. The maximum atomic E-state index is 12.6. The Bertz CT molecular complexity index is 663. The standard InChI is InChI=1S/C18H23N3O2/c1-14-4-6-16(7-5-14)18(22)21-9-3-8-20(10-11-21)13-17-12-15(2)23-19-17/h4-7,12H,3,8-11,13H2,1-2H3. The lowest BCUT2D eigenvalue weighted by Crippen LogP contribution is -2.35. The number of hydrogen-bond donors (Lipinski definition) is 0. The molecular weight excluding hydrogens is 290 g/mol. The zero-order valence-corrected chi connectivity index (χ0v) is 13.8. The van der Waals surface area contributed by atoms with Crippen molar-refractivity contribution in [3.8, 4) is 0 Å². The summed E-state index contributed by atoms with van der Waals surface area (Å²) in [4.78, 5) is 16.9. The lowest BCUT2D eigenvalue weighted by Gasteiger charge is -2.21. The second kappa shape index (κ2) is 6.96. The second-order valence-corrected chi connectivity index (χ2v) is 6.22. The van der Waals surface area contributed by atoms with Gasteiger partial charge in [-0.2, -0.15) is 0 Å². The van der Waals surface area contributed by atoms with Gasteiger partial charge in [-0.25, -0.2) is 0 Å². The van der Waals surface area contributed by atoms with E-state index in [0.717, 1.165) is 56.2 Å². The summed E-state index contributed by atoms with van der Waals surface area (Å²) in [5, 5.41) is 4.05. The molecule has 3 rings (SSSR count). The zero-order chi connectivity index (χ0) is 16.2. The average Bonchev–Trinajstić information content (AvgIpc) is 2.81. The van der Waals surface area contributed by atoms with Crippen molar-refractivity contribution in [3.05, 3.63) is 52.9 Å². The highest BCUT2D eigenvalue weighted by Gasteiger charge is 2.20. The van der Waals surface area contributed by atoms with Crippen LogP contribution in [0.25, 0.3) is 0 Å². The first kappa shape index (κ1) is 15.7. The van der Waals surface area contributed by atoms with Crippen LogP contribution in [0.3, 0.4) is 0 Å². The summed E-state index contributed by atoms with van der Waals surface area (Å²) in [5.41, 5.74) is 2.91. The first-order valence-electron chi connectivity index (χ1n) is 8.12. The molecule has 1 amide bonds. The number of amides is 1. The maximum absolute atomic E-state index is 12.6. The molecule has 0 unspecified atom stereocenters. The highest BCUT2D eigenvalue weighted by molar-refractivity contribution is 5.94. The smallest absolute Gasteiger partial charge is 0.253 e. The van der Waals surface area contributed by atoms with E-state index < -0.39 is 0 Å². The summed E-state index contributed by atoms with van der Waals surface area (Å²) in [7, 11) is 0. The SMILES string of the molecule is Cc1ccc(C(=O)N2CCCN(Cc3cc(C)on3)CC2)cc1. The van der Waals surface area contributed by atoms with E-state index in [1.807, 2.05) is 49.1 Å². The number of rotatable bonds is 3. The molecule has 1 aliphatic rings. The van der Waals surface area contributed by atoms with Crippen LogP contribution in [0.2, 0.25) is 0 Å². The summed E-state index contributed by atoms with van der Waals surface area (Å²) in [6.45, 7) is 8.12. The molecular formula is C18H23N3O2. The average molecular weight is 313 g/mol. The molecule has 5 nitrogen and oxygen atoms in total. The summed E-state index contributed by atoms with van der Waals surface area (Å²) < 4.78 is 5.12. The lowest BCUT2D eigenvalue weighted by molar-refractivity contribution is 0.0761. The van der Waals surface area contributed by atoms with E-state index in [4.69, 9.17) is 4.52 Å². The van der Waals surface area contributed by atoms with E-state index in [2.05, 4.69) is 10.1 Å². The van der Waals surface area contributed by atoms with Crippen LogP contribution in [-0.4, -0.2) is 47.0 Å². The van der Waals surface area contributed by atoms with Gasteiger partial charge in [-0.15, -0.1) is 0 Å². The monoisotopic (exact) mass is 313 g/mol. The Morgan fingerprint density at radius 3 is 2.61 bits per heavy atom. The fourth-order valence-electron chi connectivity index (χ4n) is 2.93. The molecule has 0 bridgehead atoms. The molecule has 0 atom stereocenters. The van der Waals surface area contributed by atoms with Crippen LogP contribution in [0.15, 0.2) is 34.9 Å². The molecule has 122 valence electrons. The molecule has 0 aliphatic carbocycles. The van der Waals surface area contributed by atoms with Gasteiger partial charge < -0.3 is 9.42 Å². The largest absolute Gasteiger partial charge is 0.361 e. The molecule has 1 aliphatic heterocycles. The van der Waals surface area contributed by atoms with E-state index in [-0.39, 0.29) is 5.91 Å². The Morgan fingerprint density at radius 1 is 1.13 bits per heavy atom. The number of benzene rings is 1. The van der Waals surface area contributed by atoms with Crippen molar-refractivity contribution >= 4 is 5.91 Å². The van der Waals surface area contributed by atoms with Gasteiger partial charge in [0.1, 0.15) is 5.76 Å². The molecule has 2 heterocycles. The third kappa shape index (κ3) is 3.99. The van der Waals surface area contributed by atoms with Crippen molar-refractivity contribution < 1.29 is 9.32 Å². The number of aryl methyl sites for hydroxylation is 2. The Morgan fingerprint density at radius 2 is 1.91 bits per heavy atom. The minimum Gasteiger partial charge on any atom is -0.361 e. The minimum atomic E-state index is 0.129. The fraction of sp³-hybridized carbons (Fsp3) is 0.444. The van der Waals surface area contributed by atoms with Gasteiger partial charge in [0.2, 0.25) is 0 Å². The Hall–Kier alpha value is -2.14. The molecule has 23 heavy (non-hydrogen) atoms. The van der Waals surface area contributed by atoms with Crippen LogP contribution in [-0.2, 0) is 6.54 Å². The Labute approximate surface area is 136 Å². The quantitative estimate of drug-likeness (QED) is 0.874. The van der Waals surface area contributed by atoms with Gasteiger partial charge >= 0.3 is 0 Å². The summed E-state index contributed by atoms with van der Waals surface area (Å²) >= 11 is 0. The first-order valence-corrected chi connectivity index (χ1v) is 8.12. The van der Waals surface area contributed by atoms with Crippen LogP contribution >= 0.6 is 0 Å². The van der Waals surface area contributed by atoms with Gasteiger partial charge in [0.15, 0.2) is 0 Å². The van der Waals surface area contributed by atoms with E-state index >= 15 is 0 Å². The van der Waals surface area contributed by atoms with Crippen molar-refractivity contribution in [2.45, 2.75) is 26.8 Å². The van der Waals surface area contributed by atoms with Crippen LogP contribution in [0.4, 0.5) is 0 Å². The van der Waals surface area contributed by atoms with Crippen molar-refractivity contribution in [1.82, 2.24) is 15.0 Å². The minimum absolute atomic E-state index is 0.129. The molecule has 1 saturated heterocycles.